The zero-order valence-corrected chi connectivity index (χ0v) is 16.9. The Bertz CT molecular complexity index is 1240. The molecule has 0 bridgehead atoms. The van der Waals surface area contributed by atoms with Gasteiger partial charge in [-0.25, -0.2) is 13.1 Å². The number of aromatic nitrogens is 3. The van der Waals surface area contributed by atoms with Crippen LogP contribution in [0.3, 0.4) is 0 Å². The van der Waals surface area contributed by atoms with E-state index in [-0.39, 0.29) is 17.5 Å². The predicted molar refractivity (Wildman–Crippen MR) is 111 cm³/mol. The number of aryl methyl sites for hydroxylation is 1. The van der Waals surface area contributed by atoms with E-state index in [0.717, 1.165) is 21.9 Å². The molecule has 0 fully saturated rings. The number of nitrogens with zero attached hydrogens (tertiary/aromatic N) is 3. The summed E-state index contributed by atoms with van der Waals surface area (Å²) >= 11 is 0. The van der Waals surface area contributed by atoms with Gasteiger partial charge in [0.05, 0.1) is 16.6 Å². The average Bonchev–Trinajstić information content (AvgIpc) is 3.26. The van der Waals surface area contributed by atoms with Crippen molar-refractivity contribution in [3.05, 3.63) is 60.4 Å². The minimum absolute atomic E-state index is 0.100. The molecule has 0 saturated heterocycles. The zero-order chi connectivity index (χ0) is 19.9. The van der Waals surface area contributed by atoms with Crippen molar-refractivity contribution >= 4 is 31.8 Å². The van der Waals surface area contributed by atoms with Crippen molar-refractivity contribution in [2.75, 3.05) is 20.6 Å². The second-order valence-electron chi connectivity index (χ2n) is 7.16. The summed E-state index contributed by atoms with van der Waals surface area (Å²) in [6.07, 6.45) is 3.74. The summed E-state index contributed by atoms with van der Waals surface area (Å²) in [7, 11) is 2.27. The lowest BCUT2D eigenvalue weighted by Crippen LogP contribution is -2.34. The fourth-order valence-electron chi connectivity index (χ4n) is 3.56. The smallest absolute Gasteiger partial charge is 0.240 e. The highest BCUT2D eigenvalue weighted by Crippen LogP contribution is 2.28. The highest BCUT2D eigenvalue weighted by atomic mass is 32.2. The molecule has 7 nitrogen and oxygen atoms in total. The van der Waals surface area contributed by atoms with Gasteiger partial charge in [0.2, 0.25) is 10.0 Å². The van der Waals surface area contributed by atoms with Gasteiger partial charge < -0.3 is 9.47 Å². The summed E-state index contributed by atoms with van der Waals surface area (Å²) < 4.78 is 30.6. The SMILES string of the molecule is CN(C)C(CNS(=O)(=O)c1ccc2cn[nH]c2c1)c1cn(C)c2ccccc12. The number of likely N-dealkylation sites (N-methyl/N-ethyl adjacent to an activating group) is 1. The maximum Gasteiger partial charge on any atom is 0.240 e. The minimum atomic E-state index is -3.64. The number of aromatic amines is 1. The van der Waals surface area contributed by atoms with Crippen molar-refractivity contribution in [2.45, 2.75) is 10.9 Å². The van der Waals surface area contributed by atoms with Crippen molar-refractivity contribution in [3.8, 4) is 0 Å². The van der Waals surface area contributed by atoms with Gasteiger partial charge in [0, 0.05) is 42.1 Å². The monoisotopic (exact) mass is 397 g/mol. The van der Waals surface area contributed by atoms with Crippen LogP contribution in [0.15, 0.2) is 59.8 Å². The highest BCUT2D eigenvalue weighted by molar-refractivity contribution is 7.89. The molecule has 4 aromatic rings. The van der Waals surface area contributed by atoms with Crippen LogP contribution >= 0.6 is 0 Å². The van der Waals surface area contributed by atoms with Crippen molar-refractivity contribution in [2.24, 2.45) is 7.05 Å². The number of nitrogens with one attached hydrogen (secondary N) is 2. The van der Waals surface area contributed by atoms with Crippen LogP contribution < -0.4 is 4.72 Å². The van der Waals surface area contributed by atoms with Crippen LogP contribution in [0.1, 0.15) is 11.6 Å². The van der Waals surface area contributed by atoms with E-state index < -0.39 is 10.0 Å². The van der Waals surface area contributed by atoms with E-state index in [2.05, 4.69) is 37.8 Å². The first-order valence-corrected chi connectivity index (χ1v) is 10.5. The molecule has 4 rings (SSSR count). The first kappa shape index (κ1) is 18.7. The Hall–Kier alpha value is -2.68. The second-order valence-corrected chi connectivity index (χ2v) is 8.93. The number of H-pyrrole nitrogens is 1. The van der Waals surface area contributed by atoms with Gasteiger partial charge in [-0.15, -0.1) is 0 Å². The molecule has 2 heterocycles. The molecule has 0 amide bonds. The van der Waals surface area contributed by atoms with E-state index >= 15 is 0 Å². The molecule has 1 atom stereocenters. The Labute approximate surface area is 164 Å². The van der Waals surface area contributed by atoms with Crippen LogP contribution in [0, 0.1) is 0 Å². The lowest BCUT2D eigenvalue weighted by molar-refractivity contribution is 0.301. The normalized spacial score (nSPS) is 13.6. The third-order valence-corrected chi connectivity index (χ3v) is 6.52. The molecular formula is C20H23N5O2S. The number of fused-ring (bicyclic) bond motifs is 2. The van der Waals surface area contributed by atoms with E-state index in [0.29, 0.717) is 5.52 Å². The summed E-state index contributed by atoms with van der Waals surface area (Å²) in [6, 6.07) is 13.0. The molecule has 1 unspecified atom stereocenters. The molecule has 146 valence electrons. The van der Waals surface area contributed by atoms with Gasteiger partial charge in [0.25, 0.3) is 0 Å². The summed E-state index contributed by atoms with van der Waals surface area (Å²) in [5.41, 5.74) is 2.91. The summed E-state index contributed by atoms with van der Waals surface area (Å²) in [6.45, 7) is 0.268. The largest absolute Gasteiger partial charge is 0.350 e. The molecule has 2 aromatic carbocycles. The molecule has 2 aromatic heterocycles. The topological polar surface area (TPSA) is 83.0 Å². The average molecular weight is 398 g/mol. The number of benzene rings is 2. The van der Waals surface area contributed by atoms with Gasteiger partial charge in [-0.05, 0) is 43.9 Å². The summed E-state index contributed by atoms with van der Waals surface area (Å²) in [4.78, 5) is 2.25. The number of hydrogen-bond donors (Lipinski definition) is 2. The van der Waals surface area contributed by atoms with Crippen molar-refractivity contribution in [1.29, 1.82) is 0 Å². The molecule has 0 aliphatic rings. The van der Waals surface area contributed by atoms with E-state index in [9.17, 15) is 8.42 Å². The fourth-order valence-corrected chi connectivity index (χ4v) is 4.63. The van der Waals surface area contributed by atoms with Crippen molar-refractivity contribution in [3.63, 3.8) is 0 Å². The summed E-state index contributed by atoms with van der Waals surface area (Å²) in [5, 5.41) is 8.76. The third-order valence-electron chi connectivity index (χ3n) is 5.10. The number of rotatable bonds is 6. The van der Waals surface area contributed by atoms with E-state index in [1.54, 1.807) is 24.4 Å². The van der Waals surface area contributed by atoms with E-state index in [4.69, 9.17) is 0 Å². The van der Waals surface area contributed by atoms with Crippen LogP contribution in [0.5, 0.6) is 0 Å². The number of sulfonamides is 1. The van der Waals surface area contributed by atoms with Crippen LogP contribution in [0.2, 0.25) is 0 Å². The van der Waals surface area contributed by atoms with Crippen LogP contribution in [0.25, 0.3) is 21.8 Å². The fraction of sp³-hybridized carbons (Fsp3) is 0.250. The quantitative estimate of drug-likeness (QED) is 0.524. The van der Waals surface area contributed by atoms with Crippen LogP contribution in [0.4, 0.5) is 0 Å². The lowest BCUT2D eigenvalue weighted by atomic mass is 10.1. The van der Waals surface area contributed by atoms with Crippen LogP contribution in [-0.4, -0.2) is 48.7 Å². The van der Waals surface area contributed by atoms with Gasteiger partial charge >= 0.3 is 0 Å². The zero-order valence-electron chi connectivity index (χ0n) is 16.0. The maximum absolute atomic E-state index is 12.9. The standard InChI is InChI=1S/C20H23N5O2S/c1-24(2)20(17-13-25(3)19-7-5-4-6-16(17)19)12-22-28(26,27)15-9-8-14-11-21-23-18(14)10-15/h4-11,13,20,22H,12H2,1-3H3,(H,21,23). The first-order chi connectivity index (χ1) is 13.4. The van der Waals surface area contributed by atoms with Gasteiger partial charge in [0.15, 0.2) is 0 Å². The highest BCUT2D eigenvalue weighted by Gasteiger charge is 2.23. The van der Waals surface area contributed by atoms with Gasteiger partial charge in [-0.3, -0.25) is 5.10 Å². The van der Waals surface area contributed by atoms with Gasteiger partial charge in [-0.1, -0.05) is 18.2 Å². The van der Waals surface area contributed by atoms with Gasteiger partial charge in [-0.2, -0.15) is 5.10 Å². The van der Waals surface area contributed by atoms with Crippen molar-refractivity contribution < 1.29 is 8.42 Å². The molecule has 0 aliphatic heterocycles. The third kappa shape index (κ3) is 3.30. The molecule has 0 aliphatic carbocycles. The van der Waals surface area contributed by atoms with Crippen LogP contribution in [-0.2, 0) is 17.1 Å². The van der Waals surface area contributed by atoms with E-state index in [1.807, 2.05) is 38.2 Å². The van der Waals surface area contributed by atoms with Crippen molar-refractivity contribution in [1.82, 2.24) is 24.4 Å². The Morgan fingerprint density at radius 1 is 1.21 bits per heavy atom. The molecule has 2 N–H and O–H groups in total. The van der Waals surface area contributed by atoms with E-state index in [1.165, 1.54) is 0 Å². The number of hydrogen-bond acceptors (Lipinski definition) is 4. The predicted octanol–water partition coefficient (Wildman–Crippen LogP) is 2.64. The molecular weight excluding hydrogens is 374 g/mol. The maximum atomic E-state index is 12.9. The second kappa shape index (κ2) is 7.05. The molecule has 28 heavy (non-hydrogen) atoms. The summed E-state index contributed by atoms with van der Waals surface area (Å²) in [5.74, 6) is 0. The Balaban J connectivity index is 1.63. The molecule has 0 saturated carbocycles. The Kier molecular flexibility index (Phi) is 4.70. The number of para-hydroxylation sites is 1. The Morgan fingerprint density at radius 3 is 2.79 bits per heavy atom. The lowest BCUT2D eigenvalue weighted by Gasteiger charge is -2.24. The minimum Gasteiger partial charge on any atom is -0.350 e. The molecule has 8 heteroatoms. The first-order valence-electron chi connectivity index (χ1n) is 9.00. The van der Waals surface area contributed by atoms with Gasteiger partial charge in [0.1, 0.15) is 0 Å². The molecule has 0 spiro atoms. The Morgan fingerprint density at radius 2 is 2.00 bits per heavy atom. The molecule has 0 radical (unpaired) electrons.